The van der Waals surface area contributed by atoms with Gasteiger partial charge in [0, 0.05) is 0 Å². The highest BCUT2D eigenvalue weighted by Gasteiger charge is 2.12. The first-order valence-electron chi connectivity index (χ1n) is 4.56. The Morgan fingerprint density at radius 2 is 1.69 bits per heavy atom. The predicted octanol–water partition coefficient (Wildman–Crippen LogP) is 1.28. The van der Waals surface area contributed by atoms with E-state index in [1.807, 2.05) is 0 Å². The highest BCUT2D eigenvalue weighted by molar-refractivity contribution is 5.94. The highest BCUT2D eigenvalue weighted by Crippen LogP contribution is 2.02. The molecule has 0 unspecified atom stereocenters. The lowest BCUT2D eigenvalue weighted by molar-refractivity contribution is -0.233. The van der Waals surface area contributed by atoms with Crippen molar-refractivity contribution >= 4 is 17.7 Å². The second kappa shape index (κ2) is 5.65. The molecule has 0 aliphatic carbocycles. The third-order valence-corrected chi connectivity index (χ3v) is 1.61. The van der Waals surface area contributed by atoms with Crippen molar-refractivity contribution in [2.24, 2.45) is 0 Å². The molecule has 0 spiro atoms. The zero-order chi connectivity index (χ0) is 12.0. The highest BCUT2D eigenvalue weighted by atomic mass is 17.2. The number of ketones is 1. The van der Waals surface area contributed by atoms with Crippen LogP contribution >= 0.6 is 0 Å². The molecule has 0 heterocycles. The molecule has 0 aliphatic heterocycles. The molecule has 5 nitrogen and oxygen atoms in total. The predicted molar refractivity (Wildman–Crippen MR) is 53.2 cm³/mol. The molecule has 1 rings (SSSR count). The Morgan fingerprint density at radius 3 is 2.25 bits per heavy atom. The van der Waals surface area contributed by atoms with Gasteiger partial charge in [0.25, 0.3) is 0 Å². The summed E-state index contributed by atoms with van der Waals surface area (Å²) in [7, 11) is 0. The maximum atomic E-state index is 11.3. The molecule has 0 aromatic heterocycles. The van der Waals surface area contributed by atoms with Crippen LogP contribution < -0.4 is 0 Å². The molecule has 16 heavy (non-hydrogen) atoms. The minimum absolute atomic E-state index is 0.262. The molecule has 0 radical (unpaired) electrons. The summed E-state index contributed by atoms with van der Waals surface area (Å²) in [5.41, 5.74) is 0.262. The third-order valence-electron chi connectivity index (χ3n) is 1.61. The van der Waals surface area contributed by atoms with Crippen LogP contribution in [0.25, 0.3) is 0 Å². The number of Topliss-reactive ketones (excluding diaryl/α,β-unsaturated/α-hetero) is 1. The van der Waals surface area contributed by atoms with Crippen molar-refractivity contribution in [3.63, 3.8) is 0 Å². The van der Waals surface area contributed by atoms with Crippen molar-refractivity contribution < 1.29 is 24.2 Å². The number of rotatable bonds is 3. The summed E-state index contributed by atoms with van der Waals surface area (Å²) in [5, 5.41) is 0. The molecule has 0 saturated carbocycles. The molecule has 1 aromatic carbocycles. The van der Waals surface area contributed by atoms with Crippen molar-refractivity contribution in [2.45, 2.75) is 13.3 Å². The summed E-state index contributed by atoms with van der Waals surface area (Å²) in [6.07, 6.45) is -0.415. The molecule has 1 aromatic rings. The van der Waals surface area contributed by atoms with Crippen LogP contribution in [0.5, 0.6) is 0 Å². The van der Waals surface area contributed by atoms with Gasteiger partial charge in [-0.05, 0) is 19.1 Å². The third kappa shape index (κ3) is 3.91. The average molecular weight is 222 g/mol. The van der Waals surface area contributed by atoms with Gasteiger partial charge in [-0.25, -0.2) is 19.4 Å². The zero-order valence-corrected chi connectivity index (χ0v) is 8.64. The van der Waals surface area contributed by atoms with E-state index < -0.39 is 18.4 Å². The van der Waals surface area contributed by atoms with Crippen molar-refractivity contribution in [3.8, 4) is 0 Å². The summed E-state index contributed by atoms with van der Waals surface area (Å²) < 4.78 is 0. The van der Waals surface area contributed by atoms with Crippen LogP contribution in [0.2, 0.25) is 0 Å². The van der Waals surface area contributed by atoms with Crippen molar-refractivity contribution in [1.29, 1.82) is 0 Å². The maximum absolute atomic E-state index is 11.3. The molecule has 0 atom stereocenters. The van der Waals surface area contributed by atoms with E-state index in [1.54, 1.807) is 18.2 Å². The van der Waals surface area contributed by atoms with E-state index in [4.69, 9.17) is 0 Å². The van der Waals surface area contributed by atoms with Gasteiger partial charge in [-0.3, -0.25) is 4.79 Å². The van der Waals surface area contributed by atoms with Gasteiger partial charge in [0.2, 0.25) is 0 Å². The number of benzene rings is 1. The van der Waals surface area contributed by atoms with Crippen LogP contribution in [0.4, 0.5) is 0 Å². The van der Waals surface area contributed by atoms with Crippen LogP contribution in [-0.2, 0) is 19.4 Å². The Morgan fingerprint density at radius 1 is 1.06 bits per heavy atom. The lowest BCUT2D eigenvalue weighted by Gasteiger charge is -2.01. The standard InChI is InChI=1S/C11H10O5/c1-8(12)7-10(13)15-16-11(14)9-5-3-2-4-6-9/h2-6H,7H2,1H3. The van der Waals surface area contributed by atoms with Crippen LogP contribution in [0.1, 0.15) is 23.7 Å². The Labute approximate surface area is 91.9 Å². The molecule has 0 aliphatic rings. The minimum atomic E-state index is -0.892. The molecular formula is C11H10O5. The van der Waals surface area contributed by atoms with Gasteiger partial charge in [-0.1, -0.05) is 18.2 Å². The van der Waals surface area contributed by atoms with E-state index in [2.05, 4.69) is 9.78 Å². The van der Waals surface area contributed by atoms with Gasteiger partial charge < -0.3 is 0 Å². The summed E-state index contributed by atoms with van der Waals surface area (Å²) in [6.45, 7) is 1.24. The fourth-order valence-corrected chi connectivity index (χ4v) is 0.939. The largest absolute Gasteiger partial charge is 0.386 e. The van der Waals surface area contributed by atoms with Gasteiger partial charge in [0.15, 0.2) is 0 Å². The van der Waals surface area contributed by atoms with Gasteiger partial charge in [-0.2, -0.15) is 0 Å². The molecule has 0 bridgehead atoms. The normalized spacial score (nSPS) is 9.31. The quantitative estimate of drug-likeness (QED) is 0.437. The van der Waals surface area contributed by atoms with E-state index in [0.29, 0.717) is 0 Å². The van der Waals surface area contributed by atoms with Crippen LogP contribution in [0.3, 0.4) is 0 Å². The van der Waals surface area contributed by atoms with Gasteiger partial charge in [0.05, 0.1) is 5.56 Å². The molecule has 84 valence electrons. The topological polar surface area (TPSA) is 69.7 Å². The van der Waals surface area contributed by atoms with Crippen molar-refractivity contribution in [2.75, 3.05) is 0 Å². The van der Waals surface area contributed by atoms with E-state index >= 15 is 0 Å². The Bertz CT molecular complexity index is 396. The summed E-state index contributed by atoms with van der Waals surface area (Å²) in [5.74, 6) is -2.03. The molecule has 0 fully saturated rings. The molecule has 0 N–H and O–H groups in total. The molecule has 0 saturated heterocycles. The second-order valence-electron chi connectivity index (χ2n) is 3.07. The zero-order valence-electron chi connectivity index (χ0n) is 8.64. The first-order valence-corrected chi connectivity index (χ1v) is 4.56. The van der Waals surface area contributed by atoms with Crippen LogP contribution in [0, 0.1) is 0 Å². The van der Waals surface area contributed by atoms with Gasteiger partial charge in [-0.15, -0.1) is 0 Å². The molecule has 0 amide bonds. The smallest absolute Gasteiger partial charge is 0.299 e. The maximum Gasteiger partial charge on any atom is 0.386 e. The fourth-order valence-electron chi connectivity index (χ4n) is 0.939. The van der Waals surface area contributed by atoms with Crippen LogP contribution in [0.15, 0.2) is 30.3 Å². The number of carbonyl (C=O) groups is 3. The van der Waals surface area contributed by atoms with E-state index in [-0.39, 0.29) is 11.3 Å². The first-order chi connectivity index (χ1) is 7.59. The van der Waals surface area contributed by atoms with E-state index in [1.165, 1.54) is 19.1 Å². The van der Waals surface area contributed by atoms with Gasteiger partial charge >= 0.3 is 11.9 Å². The van der Waals surface area contributed by atoms with Crippen molar-refractivity contribution in [1.82, 2.24) is 0 Å². The Balaban J connectivity index is 2.42. The average Bonchev–Trinajstić information content (AvgIpc) is 2.26. The second-order valence-corrected chi connectivity index (χ2v) is 3.07. The van der Waals surface area contributed by atoms with Gasteiger partial charge in [0.1, 0.15) is 12.2 Å². The first kappa shape index (κ1) is 11.9. The van der Waals surface area contributed by atoms with E-state index in [0.717, 1.165) is 0 Å². The van der Waals surface area contributed by atoms with Crippen LogP contribution in [-0.4, -0.2) is 17.7 Å². The number of hydrogen-bond donors (Lipinski definition) is 0. The van der Waals surface area contributed by atoms with E-state index in [9.17, 15) is 14.4 Å². The monoisotopic (exact) mass is 222 g/mol. The fraction of sp³-hybridized carbons (Fsp3) is 0.182. The number of carbonyl (C=O) groups excluding carboxylic acids is 3. The summed E-state index contributed by atoms with van der Waals surface area (Å²) >= 11 is 0. The minimum Gasteiger partial charge on any atom is -0.299 e. The lowest BCUT2D eigenvalue weighted by Crippen LogP contribution is -2.13. The lowest BCUT2D eigenvalue weighted by atomic mass is 10.2. The summed E-state index contributed by atoms with van der Waals surface area (Å²) in [6, 6.07) is 8.06. The molecule has 5 heteroatoms. The number of hydrogen-bond acceptors (Lipinski definition) is 5. The molecular weight excluding hydrogens is 212 g/mol. The summed E-state index contributed by atoms with van der Waals surface area (Å²) in [4.78, 5) is 41.1. The van der Waals surface area contributed by atoms with Crippen molar-refractivity contribution in [3.05, 3.63) is 35.9 Å². The Kier molecular flexibility index (Phi) is 4.20. The Hall–Kier alpha value is -2.17. The SMILES string of the molecule is CC(=O)CC(=O)OOC(=O)c1ccccc1.